The number of aliphatic hydroxyl groups excluding tert-OH is 1. The molecule has 1 heterocycles. The molecule has 5 heteroatoms. The largest absolute Gasteiger partial charge is 0.393 e. The second-order valence-electron chi connectivity index (χ2n) is 6.00. The highest BCUT2D eigenvalue weighted by Crippen LogP contribution is 2.31. The van der Waals surface area contributed by atoms with Crippen molar-refractivity contribution in [2.45, 2.75) is 44.9 Å². The van der Waals surface area contributed by atoms with E-state index in [-0.39, 0.29) is 18.1 Å². The summed E-state index contributed by atoms with van der Waals surface area (Å²) < 4.78 is 0. The Hall–Kier alpha value is -1.46. The van der Waals surface area contributed by atoms with Crippen molar-refractivity contribution in [3.63, 3.8) is 0 Å². The fourth-order valence-electron chi connectivity index (χ4n) is 2.87. The summed E-state index contributed by atoms with van der Waals surface area (Å²) in [4.78, 5) is 18.1. The number of aliphatic hydroxyl groups is 1. The molecule has 0 spiro atoms. The Bertz CT molecular complexity index is 446. The third-order valence-corrected chi connectivity index (χ3v) is 4.12. The van der Waals surface area contributed by atoms with Crippen LogP contribution in [-0.2, 0) is 11.3 Å². The number of amides is 1. The first-order valence-electron chi connectivity index (χ1n) is 7.63. The topological polar surface area (TPSA) is 65.5 Å². The van der Waals surface area contributed by atoms with Crippen molar-refractivity contribution in [1.29, 1.82) is 0 Å². The van der Waals surface area contributed by atoms with E-state index >= 15 is 0 Å². The van der Waals surface area contributed by atoms with Gasteiger partial charge in [-0.2, -0.15) is 0 Å². The van der Waals surface area contributed by atoms with Gasteiger partial charge >= 0.3 is 0 Å². The van der Waals surface area contributed by atoms with Crippen LogP contribution in [0.5, 0.6) is 0 Å². The van der Waals surface area contributed by atoms with E-state index in [0.29, 0.717) is 12.5 Å². The lowest BCUT2D eigenvalue weighted by Gasteiger charge is -2.37. The lowest BCUT2D eigenvalue weighted by molar-refractivity contribution is -0.124. The van der Waals surface area contributed by atoms with Gasteiger partial charge < -0.3 is 10.4 Å². The first-order chi connectivity index (χ1) is 10.1. The van der Waals surface area contributed by atoms with Gasteiger partial charge in [0.25, 0.3) is 0 Å². The predicted molar refractivity (Wildman–Crippen MR) is 81.5 cm³/mol. The Morgan fingerprint density at radius 2 is 2.14 bits per heavy atom. The van der Waals surface area contributed by atoms with Gasteiger partial charge in [-0.15, -0.1) is 0 Å². The molecule has 0 saturated heterocycles. The molecule has 0 aromatic carbocycles. The van der Waals surface area contributed by atoms with Gasteiger partial charge in [0.05, 0.1) is 12.6 Å². The maximum Gasteiger partial charge on any atom is 0.234 e. The highest BCUT2D eigenvalue weighted by molar-refractivity contribution is 5.78. The maximum atomic E-state index is 12.1. The van der Waals surface area contributed by atoms with E-state index in [2.05, 4.69) is 17.2 Å². The molecule has 1 fully saturated rings. The van der Waals surface area contributed by atoms with Crippen molar-refractivity contribution in [3.8, 4) is 0 Å². The summed E-state index contributed by atoms with van der Waals surface area (Å²) in [6.07, 6.45) is 5.89. The smallest absolute Gasteiger partial charge is 0.234 e. The molecule has 1 amide bonds. The van der Waals surface area contributed by atoms with Gasteiger partial charge in [-0.1, -0.05) is 6.92 Å². The normalized spacial score (nSPS) is 22.7. The van der Waals surface area contributed by atoms with E-state index in [1.807, 2.05) is 24.1 Å². The average molecular weight is 291 g/mol. The third-order valence-electron chi connectivity index (χ3n) is 4.12. The second-order valence-corrected chi connectivity index (χ2v) is 6.00. The Morgan fingerprint density at radius 3 is 2.71 bits per heavy atom. The van der Waals surface area contributed by atoms with Gasteiger partial charge in [-0.3, -0.25) is 14.7 Å². The third kappa shape index (κ3) is 4.79. The quantitative estimate of drug-likeness (QED) is 0.792. The first-order valence-corrected chi connectivity index (χ1v) is 7.63. The number of nitrogens with one attached hydrogen (secondary N) is 1. The molecule has 116 valence electrons. The number of hydrogen-bond acceptors (Lipinski definition) is 4. The van der Waals surface area contributed by atoms with Crippen LogP contribution in [0.1, 0.15) is 31.7 Å². The summed E-state index contributed by atoms with van der Waals surface area (Å²) in [5.41, 5.74) is 1.15. The molecule has 1 aliphatic rings. The molecule has 2 rings (SSSR count). The molecule has 21 heavy (non-hydrogen) atoms. The molecule has 1 atom stereocenters. The van der Waals surface area contributed by atoms with E-state index in [4.69, 9.17) is 0 Å². The van der Waals surface area contributed by atoms with E-state index in [0.717, 1.165) is 31.4 Å². The summed E-state index contributed by atoms with van der Waals surface area (Å²) >= 11 is 0. The van der Waals surface area contributed by atoms with Crippen LogP contribution in [0.2, 0.25) is 0 Å². The van der Waals surface area contributed by atoms with Gasteiger partial charge in [-0.05, 0) is 49.9 Å². The van der Waals surface area contributed by atoms with Crippen molar-refractivity contribution in [1.82, 2.24) is 15.2 Å². The number of pyridine rings is 1. The van der Waals surface area contributed by atoms with Gasteiger partial charge in [0.15, 0.2) is 0 Å². The zero-order chi connectivity index (χ0) is 15.2. The lowest BCUT2D eigenvalue weighted by Crippen LogP contribution is -2.48. The Kier molecular flexibility index (Phi) is 5.70. The molecule has 1 saturated carbocycles. The maximum absolute atomic E-state index is 12.1. The van der Waals surface area contributed by atoms with Crippen molar-refractivity contribution in [3.05, 3.63) is 30.1 Å². The van der Waals surface area contributed by atoms with Crippen LogP contribution in [0, 0.1) is 5.92 Å². The highest BCUT2D eigenvalue weighted by atomic mass is 16.3. The van der Waals surface area contributed by atoms with Gasteiger partial charge in [0.1, 0.15) is 0 Å². The average Bonchev–Trinajstić information content (AvgIpc) is 2.42. The molecule has 5 nitrogen and oxygen atoms in total. The summed E-state index contributed by atoms with van der Waals surface area (Å²) in [6.45, 7) is 3.19. The number of aromatic nitrogens is 1. The monoisotopic (exact) mass is 291 g/mol. The molecular weight excluding hydrogens is 266 g/mol. The Morgan fingerprint density at radius 1 is 1.48 bits per heavy atom. The highest BCUT2D eigenvalue weighted by Gasteiger charge is 2.33. The predicted octanol–water partition coefficient (Wildman–Crippen LogP) is 1.18. The molecular formula is C16H25N3O2. The van der Waals surface area contributed by atoms with Crippen LogP contribution < -0.4 is 5.32 Å². The molecule has 0 bridgehead atoms. The zero-order valence-corrected chi connectivity index (χ0v) is 12.8. The van der Waals surface area contributed by atoms with Gasteiger partial charge in [-0.25, -0.2) is 0 Å². The number of hydrogen-bond donors (Lipinski definition) is 2. The Labute approximate surface area is 126 Å². The van der Waals surface area contributed by atoms with E-state index in [9.17, 15) is 9.90 Å². The number of rotatable bonds is 7. The van der Waals surface area contributed by atoms with Crippen LogP contribution in [-0.4, -0.2) is 46.6 Å². The van der Waals surface area contributed by atoms with Gasteiger partial charge in [0, 0.05) is 25.0 Å². The van der Waals surface area contributed by atoms with E-state index in [1.165, 1.54) is 0 Å². The number of nitrogens with zero attached hydrogens (tertiary/aromatic N) is 2. The molecule has 2 N–H and O–H groups in total. The minimum absolute atomic E-state index is 0.0554. The van der Waals surface area contributed by atoms with Crippen molar-refractivity contribution < 1.29 is 9.90 Å². The van der Waals surface area contributed by atoms with Crippen molar-refractivity contribution in [2.75, 3.05) is 13.6 Å². The number of likely N-dealkylation sites (N-methyl/N-ethyl adjacent to an activating group) is 1. The molecule has 1 aromatic rings. The second kappa shape index (κ2) is 7.52. The summed E-state index contributed by atoms with van der Waals surface area (Å²) in [5.74, 6) is 0.485. The lowest BCUT2D eigenvalue weighted by atomic mass is 9.76. The summed E-state index contributed by atoms with van der Waals surface area (Å²) in [5, 5.41) is 12.5. The molecule has 0 aliphatic heterocycles. The number of carbonyl (C=O) groups excluding carboxylic acids is 1. The molecule has 0 unspecified atom stereocenters. The van der Waals surface area contributed by atoms with Crippen LogP contribution in [0.4, 0.5) is 0 Å². The standard InChI is InChI=1S/C16H25N3O2/c1-3-15(13-8-14(20)9-13)18-16(21)11-19(2)10-12-4-6-17-7-5-12/h4-7,13-15,20H,3,8-11H2,1-2H3,(H,18,21)/t13?,14?,15-/m0/s1. The van der Waals surface area contributed by atoms with Crippen LogP contribution >= 0.6 is 0 Å². The van der Waals surface area contributed by atoms with E-state index in [1.54, 1.807) is 12.4 Å². The van der Waals surface area contributed by atoms with Gasteiger partial charge in [0.2, 0.25) is 5.91 Å². The molecule has 1 aromatic heterocycles. The number of carbonyl (C=O) groups is 1. The minimum Gasteiger partial charge on any atom is -0.393 e. The zero-order valence-electron chi connectivity index (χ0n) is 12.8. The first kappa shape index (κ1) is 15.9. The molecule has 1 aliphatic carbocycles. The fourth-order valence-corrected chi connectivity index (χ4v) is 2.87. The van der Waals surface area contributed by atoms with Crippen molar-refractivity contribution in [2.24, 2.45) is 5.92 Å². The Balaban J connectivity index is 1.75. The van der Waals surface area contributed by atoms with Crippen LogP contribution in [0.15, 0.2) is 24.5 Å². The summed E-state index contributed by atoms with van der Waals surface area (Å²) in [6, 6.07) is 4.10. The van der Waals surface area contributed by atoms with Crippen molar-refractivity contribution >= 4 is 5.91 Å². The minimum atomic E-state index is -0.171. The van der Waals surface area contributed by atoms with Crippen LogP contribution in [0.25, 0.3) is 0 Å². The van der Waals surface area contributed by atoms with Crippen LogP contribution in [0.3, 0.4) is 0 Å². The fraction of sp³-hybridized carbons (Fsp3) is 0.625. The van der Waals surface area contributed by atoms with E-state index < -0.39 is 0 Å². The SMILES string of the molecule is CC[C@H](NC(=O)CN(C)Cc1ccncc1)C1CC(O)C1. The molecule has 0 radical (unpaired) electrons. The summed E-state index contributed by atoms with van der Waals surface area (Å²) in [7, 11) is 1.94.